The van der Waals surface area contributed by atoms with Crippen molar-refractivity contribution in [3.63, 3.8) is 0 Å². The summed E-state index contributed by atoms with van der Waals surface area (Å²) in [5.74, 6) is 0. The highest BCUT2D eigenvalue weighted by atomic mass is 79.9. The van der Waals surface area contributed by atoms with Crippen LogP contribution in [0.2, 0.25) is 0 Å². The first-order valence-electron chi connectivity index (χ1n) is 5.26. The quantitative estimate of drug-likeness (QED) is 0.942. The van der Waals surface area contributed by atoms with Gasteiger partial charge in [0.2, 0.25) is 0 Å². The summed E-state index contributed by atoms with van der Waals surface area (Å²) in [6, 6.07) is 1.88. The fraction of sp³-hybridized carbons (Fsp3) is 0.455. The fourth-order valence-corrected chi connectivity index (χ4v) is 2.58. The van der Waals surface area contributed by atoms with Gasteiger partial charge in [-0.2, -0.15) is 0 Å². The van der Waals surface area contributed by atoms with Gasteiger partial charge in [0.05, 0.1) is 18.4 Å². The number of hydrogen-bond acceptors (Lipinski definition) is 5. The third-order valence-corrected chi connectivity index (χ3v) is 3.66. The predicted octanol–water partition coefficient (Wildman–Crippen LogP) is 3.45. The van der Waals surface area contributed by atoms with Gasteiger partial charge in [-0.15, -0.1) is 10.2 Å². The molecule has 0 atom stereocenters. The monoisotopic (exact) mass is 315 g/mol. The van der Waals surface area contributed by atoms with Crippen LogP contribution in [0.3, 0.4) is 0 Å². The first kappa shape index (κ1) is 12.7. The lowest BCUT2D eigenvalue weighted by Crippen LogP contribution is -2.35. The smallest absolute Gasteiger partial charge is 0.179 e. The molecule has 0 unspecified atom stereocenters. The summed E-state index contributed by atoms with van der Waals surface area (Å²) < 4.78 is 5.88. The van der Waals surface area contributed by atoms with Gasteiger partial charge < -0.3 is 9.73 Å². The van der Waals surface area contributed by atoms with E-state index in [1.54, 1.807) is 17.6 Å². The Kier molecular flexibility index (Phi) is 3.65. The predicted molar refractivity (Wildman–Crippen MR) is 71.9 cm³/mol. The highest BCUT2D eigenvalue weighted by Crippen LogP contribution is 2.31. The van der Waals surface area contributed by atoms with Crippen LogP contribution < -0.4 is 5.32 Å². The molecule has 0 radical (unpaired) electrons. The molecule has 0 saturated carbocycles. The van der Waals surface area contributed by atoms with Crippen LogP contribution in [0.1, 0.15) is 25.8 Å². The maximum atomic E-state index is 5.18. The van der Waals surface area contributed by atoms with Gasteiger partial charge in [0.25, 0.3) is 0 Å². The zero-order chi connectivity index (χ0) is 12.5. The first-order chi connectivity index (χ1) is 7.96. The SMILES string of the molecule is CC(C)(C)NCc1nnc(-c2ccoc2Br)s1. The van der Waals surface area contributed by atoms with Crippen molar-refractivity contribution >= 4 is 27.3 Å². The van der Waals surface area contributed by atoms with Crippen LogP contribution in [0, 0.1) is 0 Å². The lowest BCUT2D eigenvalue weighted by molar-refractivity contribution is 0.423. The van der Waals surface area contributed by atoms with Crippen LogP contribution in [0.25, 0.3) is 10.6 Å². The second-order valence-electron chi connectivity index (χ2n) is 4.71. The maximum Gasteiger partial charge on any atom is 0.179 e. The largest absolute Gasteiger partial charge is 0.457 e. The van der Waals surface area contributed by atoms with Crippen LogP contribution in [0.5, 0.6) is 0 Å². The van der Waals surface area contributed by atoms with Gasteiger partial charge in [-0.05, 0) is 42.8 Å². The number of furan rings is 1. The topological polar surface area (TPSA) is 51.0 Å². The minimum atomic E-state index is 0.0854. The van der Waals surface area contributed by atoms with Crippen LogP contribution in [-0.2, 0) is 6.54 Å². The molecular formula is C11H14BrN3OS. The molecule has 92 valence electrons. The number of rotatable bonds is 3. The molecular weight excluding hydrogens is 302 g/mol. The Bertz CT molecular complexity index is 501. The van der Waals surface area contributed by atoms with Gasteiger partial charge in [-0.1, -0.05) is 11.3 Å². The molecule has 17 heavy (non-hydrogen) atoms. The van der Waals surface area contributed by atoms with Crippen LogP contribution in [0.15, 0.2) is 21.4 Å². The van der Waals surface area contributed by atoms with Crippen molar-refractivity contribution in [3.05, 3.63) is 22.0 Å². The van der Waals surface area contributed by atoms with Crippen LogP contribution >= 0.6 is 27.3 Å². The minimum absolute atomic E-state index is 0.0854. The Labute approximate surface area is 113 Å². The summed E-state index contributed by atoms with van der Waals surface area (Å²) in [5, 5.41) is 13.5. The highest BCUT2D eigenvalue weighted by molar-refractivity contribution is 9.10. The number of nitrogens with one attached hydrogen (secondary N) is 1. The van der Waals surface area contributed by atoms with Gasteiger partial charge in [0, 0.05) is 5.54 Å². The summed E-state index contributed by atoms with van der Waals surface area (Å²) in [4.78, 5) is 0. The molecule has 0 aromatic carbocycles. The Morgan fingerprint density at radius 1 is 1.41 bits per heavy atom. The third kappa shape index (κ3) is 3.37. The fourth-order valence-electron chi connectivity index (χ4n) is 1.22. The summed E-state index contributed by atoms with van der Waals surface area (Å²) in [6.45, 7) is 7.11. The Morgan fingerprint density at radius 3 is 2.76 bits per heavy atom. The van der Waals surface area contributed by atoms with Crippen molar-refractivity contribution < 1.29 is 4.42 Å². The van der Waals surface area contributed by atoms with E-state index in [0.29, 0.717) is 4.67 Å². The van der Waals surface area contributed by atoms with E-state index in [1.807, 2.05) is 6.07 Å². The number of aromatic nitrogens is 2. The maximum absolute atomic E-state index is 5.18. The molecule has 0 aliphatic heterocycles. The molecule has 2 rings (SSSR count). The van der Waals surface area contributed by atoms with E-state index in [4.69, 9.17) is 4.42 Å². The Balaban J connectivity index is 2.09. The highest BCUT2D eigenvalue weighted by Gasteiger charge is 2.14. The van der Waals surface area contributed by atoms with Crippen molar-refractivity contribution in [1.29, 1.82) is 0 Å². The van der Waals surface area contributed by atoms with Crippen molar-refractivity contribution in [1.82, 2.24) is 15.5 Å². The molecule has 6 heteroatoms. The second kappa shape index (κ2) is 4.88. The average Bonchev–Trinajstić information content (AvgIpc) is 2.81. The molecule has 0 saturated heterocycles. The molecule has 0 amide bonds. The number of hydrogen-bond donors (Lipinski definition) is 1. The zero-order valence-electron chi connectivity index (χ0n) is 9.95. The molecule has 2 heterocycles. The molecule has 0 bridgehead atoms. The second-order valence-corrected chi connectivity index (χ2v) is 6.49. The normalized spacial score (nSPS) is 12.0. The van der Waals surface area contributed by atoms with E-state index in [1.165, 1.54) is 0 Å². The lowest BCUT2D eigenvalue weighted by Gasteiger charge is -2.19. The molecule has 0 fully saturated rings. The summed E-state index contributed by atoms with van der Waals surface area (Å²) in [5.41, 5.74) is 1.03. The van der Waals surface area contributed by atoms with Crippen molar-refractivity contribution in [2.45, 2.75) is 32.9 Å². The van der Waals surface area contributed by atoms with Crippen LogP contribution in [0.4, 0.5) is 0 Å². The zero-order valence-corrected chi connectivity index (χ0v) is 12.4. The van der Waals surface area contributed by atoms with E-state index < -0.39 is 0 Å². The van der Waals surface area contributed by atoms with Crippen molar-refractivity contribution in [2.75, 3.05) is 0 Å². The van der Waals surface area contributed by atoms with Gasteiger partial charge in [0.1, 0.15) is 5.01 Å². The molecule has 4 nitrogen and oxygen atoms in total. The van der Waals surface area contributed by atoms with E-state index in [2.05, 4.69) is 52.2 Å². The Hall–Kier alpha value is -0.720. The minimum Gasteiger partial charge on any atom is -0.457 e. The number of nitrogens with zero attached hydrogens (tertiary/aromatic N) is 2. The first-order valence-corrected chi connectivity index (χ1v) is 6.87. The van der Waals surface area contributed by atoms with E-state index in [0.717, 1.165) is 22.1 Å². The van der Waals surface area contributed by atoms with E-state index in [9.17, 15) is 0 Å². The lowest BCUT2D eigenvalue weighted by atomic mass is 10.1. The van der Waals surface area contributed by atoms with Gasteiger partial charge in [-0.25, -0.2) is 0 Å². The van der Waals surface area contributed by atoms with Crippen LogP contribution in [-0.4, -0.2) is 15.7 Å². The molecule has 0 aliphatic rings. The van der Waals surface area contributed by atoms with Crippen molar-refractivity contribution in [3.8, 4) is 10.6 Å². The summed E-state index contributed by atoms with van der Waals surface area (Å²) in [7, 11) is 0. The molecule has 0 aliphatic carbocycles. The van der Waals surface area contributed by atoms with Crippen molar-refractivity contribution in [2.24, 2.45) is 0 Å². The van der Waals surface area contributed by atoms with Gasteiger partial charge in [-0.3, -0.25) is 0 Å². The van der Waals surface area contributed by atoms with Gasteiger partial charge >= 0.3 is 0 Å². The third-order valence-electron chi connectivity index (χ3n) is 2.09. The standard InChI is InChI=1S/C11H14BrN3OS/c1-11(2,3)13-6-8-14-15-10(17-8)7-4-5-16-9(7)12/h4-5,13H,6H2,1-3H3. The Morgan fingerprint density at radius 2 is 2.18 bits per heavy atom. The average molecular weight is 316 g/mol. The summed E-state index contributed by atoms with van der Waals surface area (Å²) >= 11 is 4.91. The molecule has 0 spiro atoms. The van der Waals surface area contributed by atoms with E-state index >= 15 is 0 Å². The van der Waals surface area contributed by atoms with E-state index in [-0.39, 0.29) is 5.54 Å². The molecule has 2 aromatic rings. The molecule has 1 N–H and O–H groups in total. The van der Waals surface area contributed by atoms with Gasteiger partial charge in [0.15, 0.2) is 9.68 Å². The summed E-state index contributed by atoms with van der Waals surface area (Å²) in [6.07, 6.45) is 1.63. The molecule has 2 aromatic heterocycles. The number of halogens is 1.